The second kappa shape index (κ2) is 8.70. The van der Waals surface area contributed by atoms with Crippen molar-refractivity contribution >= 4 is 33.6 Å². The first-order valence-corrected chi connectivity index (χ1v) is 8.70. The van der Waals surface area contributed by atoms with Crippen molar-refractivity contribution in [2.24, 2.45) is 0 Å². The molecule has 0 aliphatic rings. The van der Waals surface area contributed by atoms with E-state index in [0.29, 0.717) is 5.75 Å². The largest absolute Gasteiger partial charge is 0.337 e. The van der Waals surface area contributed by atoms with Crippen molar-refractivity contribution in [1.29, 1.82) is 5.26 Å². The van der Waals surface area contributed by atoms with Crippen molar-refractivity contribution in [2.45, 2.75) is 17.4 Å². The van der Waals surface area contributed by atoms with Crippen LogP contribution < -0.4 is 5.32 Å². The average molecular weight is 393 g/mol. The summed E-state index contributed by atoms with van der Waals surface area (Å²) >= 11 is 4.99. The number of carbonyl (C=O) groups is 1. The number of nitrogens with zero attached hydrogens (tertiary/aromatic N) is 1. The van der Waals surface area contributed by atoms with Crippen LogP contribution in [-0.4, -0.2) is 11.7 Å². The van der Waals surface area contributed by atoms with E-state index in [-0.39, 0.29) is 17.9 Å². The zero-order chi connectivity index (χ0) is 16.7. The molecule has 1 N–H and O–H groups in total. The molecule has 2 aromatic carbocycles. The molecule has 3 nitrogen and oxygen atoms in total. The van der Waals surface area contributed by atoms with Crippen LogP contribution in [0.2, 0.25) is 0 Å². The molecule has 0 saturated heterocycles. The van der Waals surface area contributed by atoms with E-state index in [1.165, 1.54) is 12.1 Å². The molecule has 6 heteroatoms. The molecule has 118 valence electrons. The zero-order valence-electron chi connectivity index (χ0n) is 12.1. The number of nitrogens with one attached hydrogen (secondary N) is 1. The third kappa shape index (κ3) is 5.08. The highest BCUT2D eigenvalue weighted by Gasteiger charge is 2.17. The van der Waals surface area contributed by atoms with Crippen LogP contribution in [0.3, 0.4) is 0 Å². The highest BCUT2D eigenvalue weighted by atomic mass is 79.9. The Morgan fingerprint density at radius 2 is 1.96 bits per heavy atom. The van der Waals surface area contributed by atoms with Gasteiger partial charge in [-0.25, -0.2) is 4.39 Å². The SMILES string of the molecule is N#CC(NC(=O)CCSc1ccccc1Br)c1ccccc1F. The number of thioether (sulfide) groups is 1. The van der Waals surface area contributed by atoms with E-state index < -0.39 is 11.9 Å². The van der Waals surface area contributed by atoms with E-state index in [4.69, 9.17) is 5.26 Å². The molecule has 0 aliphatic heterocycles. The lowest BCUT2D eigenvalue weighted by molar-refractivity contribution is -0.121. The average Bonchev–Trinajstić information content (AvgIpc) is 2.55. The first-order valence-electron chi connectivity index (χ1n) is 6.92. The molecule has 23 heavy (non-hydrogen) atoms. The van der Waals surface area contributed by atoms with Crippen LogP contribution in [0.25, 0.3) is 0 Å². The van der Waals surface area contributed by atoms with E-state index in [1.807, 2.05) is 30.3 Å². The maximum atomic E-state index is 13.7. The highest BCUT2D eigenvalue weighted by molar-refractivity contribution is 9.10. The molecule has 0 heterocycles. The molecule has 0 bridgehead atoms. The summed E-state index contributed by atoms with van der Waals surface area (Å²) in [4.78, 5) is 13.0. The summed E-state index contributed by atoms with van der Waals surface area (Å²) in [5.74, 6) is -0.203. The first kappa shape index (κ1) is 17.5. The Bertz CT molecular complexity index is 733. The molecule has 0 saturated carbocycles. The summed E-state index contributed by atoms with van der Waals surface area (Å²) in [5, 5.41) is 11.7. The molecular formula is C17H14BrFN2OS. The van der Waals surface area contributed by atoms with Crippen molar-refractivity contribution in [3.05, 3.63) is 64.4 Å². The summed E-state index contributed by atoms with van der Waals surface area (Å²) in [6, 6.07) is 14.6. The van der Waals surface area contributed by atoms with Gasteiger partial charge in [-0.15, -0.1) is 11.8 Å². The van der Waals surface area contributed by atoms with Crippen molar-refractivity contribution in [3.8, 4) is 6.07 Å². The Balaban J connectivity index is 1.88. The minimum atomic E-state index is -0.975. The van der Waals surface area contributed by atoms with Gasteiger partial charge in [0.25, 0.3) is 0 Å². The molecular weight excluding hydrogens is 379 g/mol. The van der Waals surface area contributed by atoms with Crippen LogP contribution in [0, 0.1) is 17.1 Å². The van der Waals surface area contributed by atoms with E-state index in [0.717, 1.165) is 9.37 Å². The van der Waals surface area contributed by atoms with Crippen LogP contribution in [0.4, 0.5) is 4.39 Å². The number of hydrogen-bond donors (Lipinski definition) is 1. The molecule has 0 aliphatic carbocycles. The second-order valence-corrected chi connectivity index (χ2v) is 6.67. The second-order valence-electron chi connectivity index (χ2n) is 4.68. The summed E-state index contributed by atoms with van der Waals surface area (Å²) in [6.07, 6.45) is 0.249. The first-order chi connectivity index (χ1) is 11.1. The maximum absolute atomic E-state index is 13.7. The van der Waals surface area contributed by atoms with E-state index in [1.54, 1.807) is 23.9 Å². The normalized spacial score (nSPS) is 11.5. The van der Waals surface area contributed by atoms with Crippen molar-refractivity contribution in [3.63, 3.8) is 0 Å². The van der Waals surface area contributed by atoms with Crippen LogP contribution in [0.1, 0.15) is 18.0 Å². The third-order valence-electron chi connectivity index (χ3n) is 3.07. The molecule has 1 unspecified atom stereocenters. The summed E-state index contributed by atoms with van der Waals surface area (Å²) in [6.45, 7) is 0. The lowest BCUT2D eigenvalue weighted by Gasteiger charge is -2.12. The molecule has 0 aromatic heterocycles. The summed E-state index contributed by atoms with van der Waals surface area (Å²) < 4.78 is 14.7. The molecule has 0 radical (unpaired) electrons. The summed E-state index contributed by atoms with van der Waals surface area (Å²) in [5.41, 5.74) is 0.182. The van der Waals surface area contributed by atoms with Gasteiger partial charge in [0.1, 0.15) is 11.9 Å². The fraction of sp³-hybridized carbons (Fsp3) is 0.176. The number of amides is 1. The fourth-order valence-electron chi connectivity index (χ4n) is 1.94. The highest BCUT2D eigenvalue weighted by Crippen LogP contribution is 2.27. The standard InChI is InChI=1S/C17H14BrFN2OS/c18-13-6-2-4-8-16(13)23-10-9-17(22)21-15(11-20)12-5-1-3-7-14(12)19/h1-8,15H,9-10H2,(H,21,22). The Hall–Kier alpha value is -1.84. The molecule has 0 fully saturated rings. The van der Waals surface area contributed by atoms with E-state index in [9.17, 15) is 9.18 Å². The molecule has 1 atom stereocenters. The number of benzene rings is 2. The number of rotatable bonds is 6. The van der Waals surface area contributed by atoms with Gasteiger partial charge in [0.2, 0.25) is 5.91 Å². The monoisotopic (exact) mass is 392 g/mol. The topological polar surface area (TPSA) is 52.9 Å². The van der Waals surface area contributed by atoms with E-state index in [2.05, 4.69) is 21.2 Å². The predicted octanol–water partition coefficient (Wildman–Crippen LogP) is 4.45. The van der Waals surface area contributed by atoms with Crippen LogP contribution in [0.15, 0.2) is 57.9 Å². The third-order valence-corrected chi connectivity index (χ3v) is 5.10. The Morgan fingerprint density at radius 1 is 1.26 bits per heavy atom. The molecule has 0 spiro atoms. The zero-order valence-corrected chi connectivity index (χ0v) is 14.5. The van der Waals surface area contributed by atoms with Crippen LogP contribution in [0.5, 0.6) is 0 Å². The number of nitriles is 1. The van der Waals surface area contributed by atoms with Crippen molar-refractivity contribution in [1.82, 2.24) is 5.32 Å². The van der Waals surface area contributed by atoms with E-state index >= 15 is 0 Å². The van der Waals surface area contributed by atoms with Gasteiger partial charge in [0.15, 0.2) is 0 Å². The quantitative estimate of drug-likeness (QED) is 0.738. The predicted molar refractivity (Wildman–Crippen MR) is 92.4 cm³/mol. The van der Waals surface area contributed by atoms with Gasteiger partial charge >= 0.3 is 0 Å². The smallest absolute Gasteiger partial charge is 0.222 e. The van der Waals surface area contributed by atoms with Gasteiger partial charge in [-0.3, -0.25) is 4.79 Å². The lowest BCUT2D eigenvalue weighted by atomic mass is 10.1. The van der Waals surface area contributed by atoms with Gasteiger partial charge in [-0.2, -0.15) is 5.26 Å². The van der Waals surface area contributed by atoms with Crippen LogP contribution >= 0.6 is 27.7 Å². The summed E-state index contributed by atoms with van der Waals surface area (Å²) in [7, 11) is 0. The molecule has 1 amide bonds. The van der Waals surface area contributed by atoms with Crippen molar-refractivity contribution in [2.75, 3.05) is 5.75 Å². The minimum Gasteiger partial charge on any atom is -0.337 e. The van der Waals surface area contributed by atoms with Gasteiger partial charge in [-0.05, 0) is 34.1 Å². The number of halogens is 2. The van der Waals surface area contributed by atoms with Gasteiger partial charge in [0, 0.05) is 27.1 Å². The lowest BCUT2D eigenvalue weighted by Crippen LogP contribution is -2.28. The Kier molecular flexibility index (Phi) is 6.63. The fourth-order valence-corrected chi connectivity index (χ4v) is 3.45. The molecule has 2 aromatic rings. The van der Waals surface area contributed by atoms with Gasteiger partial charge < -0.3 is 5.32 Å². The molecule has 2 rings (SSSR count). The van der Waals surface area contributed by atoms with Crippen LogP contribution in [-0.2, 0) is 4.79 Å². The Morgan fingerprint density at radius 3 is 2.65 bits per heavy atom. The Labute approximate surface area is 147 Å². The maximum Gasteiger partial charge on any atom is 0.222 e. The van der Waals surface area contributed by atoms with Gasteiger partial charge in [0.05, 0.1) is 6.07 Å². The van der Waals surface area contributed by atoms with Crippen molar-refractivity contribution < 1.29 is 9.18 Å². The van der Waals surface area contributed by atoms with Gasteiger partial charge in [-0.1, -0.05) is 30.3 Å². The minimum absolute atomic E-state index is 0.182. The number of hydrogen-bond acceptors (Lipinski definition) is 3. The number of carbonyl (C=O) groups excluding carboxylic acids is 1.